The second kappa shape index (κ2) is 5.07. The molecule has 1 rings (SSSR count). The number of carbonyl (C=O) groups excluding carboxylic acids is 1. The zero-order chi connectivity index (χ0) is 13.9. The third kappa shape index (κ3) is 2.99. The van der Waals surface area contributed by atoms with E-state index in [9.17, 15) is 22.8 Å². The molecule has 0 aromatic heterocycles. The first kappa shape index (κ1) is 14.0. The molecule has 1 atom stereocenters. The third-order valence-electron chi connectivity index (χ3n) is 2.21. The Kier molecular flexibility index (Phi) is 3.95. The summed E-state index contributed by atoms with van der Waals surface area (Å²) in [5.74, 6) is -7.81. The monoisotopic (exact) mass is 261 g/mol. The Morgan fingerprint density at radius 2 is 1.78 bits per heavy atom. The summed E-state index contributed by atoms with van der Waals surface area (Å²) in [5.41, 5.74) is -0.709. The van der Waals surface area contributed by atoms with Crippen molar-refractivity contribution in [2.24, 2.45) is 0 Å². The van der Waals surface area contributed by atoms with Crippen LogP contribution < -0.4 is 5.32 Å². The number of alkyl halides is 2. The van der Waals surface area contributed by atoms with Crippen LogP contribution >= 0.6 is 0 Å². The molecule has 0 aliphatic heterocycles. The number of aliphatic carboxylic acids is 1. The largest absolute Gasteiger partial charge is 0.480 e. The Labute approximate surface area is 100 Å². The summed E-state index contributed by atoms with van der Waals surface area (Å²) in [7, 11) is 0. The minimum absolute atomic E-state index is 0.709. The van der Waals surface area contributed by atoms with Gasteiger partial charge in [0.15, 0.2) is 0 Å². The second-order valence-electron chi connectivity index (χ2n) is 3.61. The van der Waals surface area contributed by atoms with Gasteiger partial charge in [0.1, 0.15) is 11.9 Å². The van der Waals surface area contributed by atoms with Gasteiger partial charge in [-0.3, -0.25) is 9.59 Å². The van der Waals surface area contributed by atoms with E-state index >= 15 is 0 Å². The molecule has 1 aromatic rings. The van der Waals surface area contributed by atoms with Crippen LogP contribution in [0.25, 0.3) is 0 Å². The maximum Gasteiger partial charge on any atom is 0.349 e. The van der Waals surface area contributed by atoms with E-state index in [4.69, 9.17) is 5.11 Å². The average Bonchev–Trinajstić information content (AvgIpc) is 2.29. The van der Waals surface area contributed by atoms with Crippen molar-refractivity contribution >= 4 is 11.9 Å². The van der Waals surface area contributed by atoms with E-state index in [1.54, 1.807) is 5.32 Å². The highest BCUT2D eigenvalue weighted by Gasteiger charge is 2.41. The Morgan fingerprint density at radius 3 is 2.22 bits per heavy atom. The minimum atomic E-state index is -3.92. The Bertz CT molecular complexity index is 459. The fourth-order valence-corrected chi connectivity index (χ4v) is 1.14. The van der Waals surface area contributed by atoms with Crippen molar-refractivity contribution in [1.82, 2.24) is 5.32 Å². The molecule has 0 heterocycles. The fraction of sp³-hybridized carbons (Fsp3) is 0.273. The summed E-state index contributed by atoms with van der Waals surface area (Å²) in [4.78, 5) is 21.7. The smallest absolute Gasteiger partial charge is 0.349 e. The first-order valence-corrected chi connectivity index (χ1v) is 4.92. The highest BCUT2D eigenvalue weighted by atomic mass is 19.3. The number of rotatable bonds is 4. The molecule has 0 saturated heterocycles. The maximum atomic E-state index is 13.6. The summed E-state index contributed by atoms with van der Waals surface area (Å²) in [5, 5.41) is 10.1. The molecule has 0 radical (unpaired) electrons. The number of carboxylic acid groups (broad SMARTS) is 1. The van der Waals surface area contributed by atoms with Crippen molar-refractivity contribution in [3.05, 3.63) is 35.6 Å². The summed E-state index contributed by atoms with van der Waals surface area (Å²) < 4.78 is 39.7. The van der Waals surface area contributed by atoms with Gasteiger partial charge in [0.2, 0.25) is 0 Å². The van der Waals surface area contributed by atoms with Gasteiger partial charge in [0.05, 0.1) is 0 Å². The normalized spacial score (nSPS) is 12.9. The molecule has 1 amide bonds. The van der Waals surface area contributed by atoms with E-state index in [0.717, 1.165) is 31.2 Å². The van der Waals surface area contributed by atoms with Crippen molar-refractivity contribution in [3.8, 4) is 0 Å². The average molecular weight is 261 g/mol. The molecule has 18 heavy (non-hydrogen) atoms. The predicted molar refractivity (Wildman–Crippen MR) is 55.5 cm³/mol. The fourth-order valence-electron chi connectivity index (χ4n) is 1.14. The SMILES string of the molecule is C[C@@H](NC(=O)C(F)(F)c1ccc(F)cc1)C(=O)O. The van der Waals surface area contributed by atoms with Gasteiger partial charge in [-0.15, -0.1) is 0 Å². The topological polar surface area (TPSA) is 66.4 Å². The van der Waals surface area contributed by atoms with Gasteiger partial charge < -0.3 is 10.4 Å². The Hall–Kier alpha value is -2.05. The van der Waals surface area contributed by atoms with Crippen LogP contribution in [-0.2, 0) is 15.5 Å². The van der Waals surface area contributed by atoms with E-state index in [0.29, 0.717) is 0 Å². The summed E-state index contributed by atoms with van der Waals surface area (Å²) >= 11 is 0. The number of benzene rings is 1. The molecule has 4 nitrogen and oxygen atoms in total. The lowest BCUT2D eigenvalue weighted by Crippen LogP contribution is -2.45. The summed E-state index contributed by atoms with van der Waals surface area (Å²) in [6, 6.07) is 1.67. The molecule has 0 saturated carbocycles. The van der Waals surface area contributed by atoms with Crippen molar-refractivity contribution in [2.45, 2.75) is 18.9 Å². The van der Waals surface area contributed by atoms with Crippen LogP contribution in [-0.4, -0.2) is 23.0 Å². The van der Waals surface area contributed by atoms with Crippen LogP contribution in [0, 0.1) is 5.82 Å². The minimum Gasteiger partial charge on any atom is -0.480 e. The molecule has 0 aliphatic carbocycles. The van der Waals surface area contributed by atoms with E-state index in [2.05, 4.69) is 0 Å². The number of hydrogen-bond donors (Lipinski definition) is 2. The first-order chi connectivity index (χ1) is 8.25. The van der Waals surface area contributed by atoms with Gasteiger partial charge in [-0.1, -0.05) is 0 Å². The van der Waals surface area contributed by atoms with Crippen molar-refractivity contribution in [1.29, 1.82) is 0 Å². The van der Waals surface area contributed by atoms with Crippen LogP contribution in [0.3, 0.4) is 0 Å². The Balaban J connectivity index is 2.89. The zero-order valence-electron chi connectivity index (χ0n) is 9.28. The van der Waals surface area contributed by atoms with Gasteiger partial charge in [0, 0.05) is 5.56 Å². The van der Waals surface area contributed by atoms with Gasteiger partial charge in [-0.05, 0) is 31.2 Å². The van der Waals surface area contributed by atoms with Gasteiger partial charge in [0.25, 0.3) is 5.91 Å². The van der Waals surface area contributed by atoms with Crippen molar-refractivity contribution in [2.75, 3.05) is 0 Å². The molecule has 0 fully saturated rings. The lowest BCUT2D eigenvalue weighted by atomic mass is 10.1. The van der Waals surface area contributed by atoms with Crippen LogP contribution in [0.2, 0.25) is 0 Å². The van der Waals surface area contributed by atoms with E-state index in [-0.39, 0.29) is 0 Å². The van der Waals surface area contributed by atoms with E-state index in [1.165, 1.54) is 0 Å². The second-order valence-corrected chi connectivity index (χ2v) is 3.61. The first-order valence-electron chi connectivity index (χ1n) is 4.92. The van der Waals surface area contributed by atoms with E-state index < -0.39 is 35.2 Å². The Morgan fingerprint density at radius 1 is 1.28 bits per heavy atom. The van der Waals surface area contributed by atoms with Gasteiger partial charge >= 0.3 is 11.9 Å². The summed E-state index contributed by atoms with van der Waals surface area (Å²) in [6.07, 6.45) is 0. The van der Waals surface area contributed by atoms with Crippen molar-refractivity contribution in [3.63, 3.8) is 0 Å². The van der Waals surface area contributed by atoms with Crippen LogP contribution in [0.5, 0.6) is 0 Å². The zero-order valence-corrected chi connectivity index (χ0v) is 9.28. The number of halogens is 3. The summed E-state index contributed by atoms with van der Waals surface area (Å²) in [6.45, 7) is 1.06. The molecular weight excluding hydrogens is 251 g/mol. The quantitative estimate of drug-likeness (QED) is 0.863. The molecule has 7 heteroatoms. The predicted octanol–water partition coefficient (Wildman–Crippen LogP) is 1.51. The number of amides is 1. The van der Waals surface area contributed by atoms with E-state index in [1.807, 2.05) is 0 Å². The third-order valence-corrected chi connectivity index (χ3v) is 2.21. The number of hydrogen-bond acceptors (Lipinski definition) is 2. The molecule has 98 valence electrons. The highest BCUT2D eigenvalue weighted by molar-refractivity contribution is 5.88. The van der Waals surface area contributed by atoms with Crippen molar-refractivity contribution < 1.29 is 27.9 Å². The molecule has 1 aromatic carbocycles. The lowest BCUT2D eigenvalue weighted by Gasteiger charge is -2.18. The van der Waals surface area contributed by atoms with Crippen LogP contribution in [0.15, 0.2) is 24.3 Å². The molecule has 0 unspecified atom stereocenters. The molecule has 0 aliphatic rings. The maximum absolute atomic E-state index is 13.6. The molecule has 2 N–H and O–H groups in total. The number of carbonyl (C=O) groups is 2. The number of carboxylic acids is 1. The lowest BCUT2D eigenvalue weighted by molar-refractivity contribution is -0.151. The highest BCUT2D eigenvalue weighted by Crippen LogP contribution is 2.28. The van der Waals surface area contributed by atoms with Gasteiger partial charge in [-0.2, -0.15) is 8.78 Å². The molecule has 0 bridgehead atoms. The van der Waals surface area contributed by atoms with Crippen LogP contribution in [0.1, 0.15) is 12.5 Å². The van der Waals surface area contributed by atoms with Gasteiger partial charge in [-0.25, -0.2) is 4.39 Å². The standard InChI is InChI=1S/C11H10F3NO3/c1-6(9(16)17)15-10(18)11(13,14)7-2-4-8(12)5-3-7/h2-6H,1H3,(H,15,18)(H,16,17)/t6-/m1/s1. The van der Waals surface area contributed by atoms with Crippen LogP contribution in [0.4, 0.5) is 13.2 Å². The molecular formula is C11H10F3NO3. The number of nitrogens with one attached hydrogen (secondary N) is 1. The molecule has 0 spiro atoms.